The maximum atomic E-state index is 13.9. The molecule has 1 aliphatic rings. The van der Waals surface area contributed by atoms with E-state index in [9.17, 15) is 18.9 Å². The van der Waals surface area contributed by atoms with Crippen molar-refractivity contribution in [3.8, 4) is 11.5 Å². The average molecular weight is 387 g/mol. The maximum absolute atomic E-state index is 13.9. The van der Waals surface area contributed by atoms with E-state index < -0.39 is 22.2 Å². The lowest BCUT2D eigenvalue weighted by atomic mass is 10.2. The number of aromatic nitrogens is 2. The first-order chi connectivity index (χ1) is 13.5. The van der Waals surface area contributed by atoms with E-state index in [1.165, 1.54) is 0 Å². The quantitative estimate of drug-likeness (QED) is 0.501. The smallest absolute Gasteiger partial charge is 0.353 e. The van der Waals surface area contributed by atoms with E-state index in [-0.39, 0.29) is 24.1 Å². The van der Waals surface area contributed by atoms with Gasteiger partial charge in [-0.1, -0.05) is 0 Å². The van der Waals surface area contributed by atoms with Crippen molar-refractivity contribution in [3.05, 3.63) is 64.5 Å². The van der Waals surface area contributed by atoms with Gasteiger partial charge in [0.1, 0.15) is 18.0 Å². The summed E-state index contributed by atoms with van der Waals surface area (Å²) in [6.07, 6.45) is 1.08. The molecule has 0 saturated carbocycles. The van der Waals surface area contributed by atoms with E-state index in [4.69, 9.17) is 9.47 Å². The van der Waals surface area contributed by atoms with Gasteiger partial charge in [0, 0.05) is 17.8 Å². The fraction of sp³-hybridized carbons (Fsp3) is 0.0588. The number of ether oxygens (including phenoxy) is 2. The van der Waals surface area contributed by atoms with E-state index >= 15 is 0 Å². The lowest BCUT2D eigenvalue weighted by Gasteiger charge is -2.11. The van der Waals surface area contributed by atoms with Gasteiger partial charge in [-0.05, 0) is 24.3 Å². The molecule has 0 saturated heterocycles. The van der Waals surface area contributed by atoms with Crippen LogP contribution in [0.25, 0.3) is 0 Å². The molecule has 0 amide bonds. The third kappa shape index (κ3) is 3.32. The number of rotatable bonds is 5. The highest BCUT2D eigenvalue weighted by Gasteiger charge is 2.24. The van der Waals surface area contributed by atoms with Crippen LogP contribution in [0.5, 0.6) is 11.5 Å². The average Bonchev–Trinajstić information content (AvgIpc) is 3.12. The first kappa shape index (κ1) is 17.4. The molecule has 3 aromatic rings. The predicted molar refractivity (Wildman–Crippen MR) is 94.2 cm³/mol. The third-order valence-corrected chi connectivity index (χ3v) is 3.82. The summed E-state index contributed by atoms with van der Waals surface area (Å²) in [4.78, 5) is 18.6. The normalized spacial score (nSPS) is 11.9. The second-order valence-electron chi connectivity index (χ2n) is 5.62. The molecule has 0 aliphatic carbocycles. The van der Waals surface area contributed by atoms with Crippen LogP contribution in [0.2, 0.25) is 0 Å². The Balaban J connectivity index is 1.68. The van der Waals surface area contributed by atoms with Crippen LogP contribution in [-0.2, 0) is 0 Å². The van der Waals surface area contributed by atoms with Crippen molar-refractivity contribution in [2.75, 3.05) is 17.4 Å². The molecule has 11 heteroatoms. The number of hydrogen-bond acceptors (Lipinski definition) is 8. The molecule has 4 rings (SSSR count). The minimum atomic E-state index is -0.918. The van der Waals surface area contributed by atoms with Gasteiger partial charge in [-0.3, -0.25) is 10.1 Å². The van der Waals surface area contributed by atoms with Gasteiger partial charge in [-0.2, -0.15) is 0 Å². The number of benzene rings is 2. The highest BCUT2D eigenvalue weighted by Crippen LogP contribution is 2.37. The number of fused-ring (bicyclic) bond motifs is 1. The highest BCUT2D eigenvalue weighted by molar-refractivity contribution is 5.77. The van der Waals surface area contributed by atoms with Crippen LogP contribution in [0, 0.1) is 21.7 Å². The Bertz CT molecular complexity index is 1080. The number of nitro groups is 1. The first-order valence-electron chi connectivity index (χ1n) is 7.89. The summed E-state index contributed by atoms with van der Waals surface area (Å²) in [6.45, 7) is 0.0870. The molecule has 0 unspecified atom stereocenters. The van der Waals surface area contributed by atoms with Crippen molar-refractivity contribution in [3.63, 3.8) is 0 Å². The van der Waals surface area contributed by atoms with E-state index in [0.29, 0.717) is 23.3 Å². The Kier molecular flexibility index (Phi) is 4.32. The summed E-state index contributed by atoms with van der Waals surface area (Å²) in [5, 5.41) is 16.9. The van der Waals surface area contributed by atoms with Crippen molar-refractivity contribution >= 4 is 28.7 Å². The second-order valence-corrected chi connectivity index (χ2v) is 5.62. The van der Waals surface area contributed by atoms with Crippen molar-refractivity contribution in [1.29, 1.82) is 0 Å². The number of nitrogens with one attached hydrogen (secondary N) is 2. The zero-order valence-electron chi connectivity index (χ0n) is 14.0. The number of hydrogen-bond donors (Lipinski definition) is 2. The van der Waals surface area contributed by atoms with E-state index in [1.54, 1.807) is 18.2 Å². The van der Waals surface area contributed by atoms with Crippen LogP contribution >= 0.6 is 0 Å². The summed E-state index contributed by atoms with van der Waals surface area (Å²) in [6, 6.07) is 7.66. The minimum Gasteiger partial charge on any atom is -0.454 e. The van der Waals surface area contributed by atoms with Crippen LogP contribution in [0.15, 0.2) is 42.7 Å². The van der Waals surface area contributed by atoms with Crippen molar-refractivity contribution in [1.82, 2.24) is 9.97 Å². The zero-order valence-corrected chi connectivity index (χ0v) is 14.0. The SMILES string of the molecule is O=[N+]([O-])c1c(Nc2ccc3c(c2)OCO3)ncnc1Nc1ccc(F)cc1F. The molecule has 0 bridgehead atoms. The molecule has 142 valence electrons. The van der Waals surface area contributed by atoms with Gasteiger partial charge in [0.25, 0.3) is 0 Å². The molecule has 2 heterocycles. The van der Waals surface area contributed by atoms with E-state index in [2.05, 4.69) is 20.6 Å². The van der Waals surface area contributed by atoms with Gasteiger partial charge in [-0.15, -0.1) is 0 Å². The van der Waals surface area contributed by atoms with E-state index in [0.717, 1.165) is 18.5 Å². The number of nitrogens with zero attached hydrogens (tertiary/aromatic N) is 3. The van der Waals surface area contributed by atoms with Gasteiger partial charge in [0.05, 0.1) is 10.6 Å². The summed E-state index contributed by atoms with van der Waals surface area (Å²) in [7, 11) is 0. The predicted octanol–water partition coefficient (Wildman–Crippen LogP) is 3.88. The molecular weight excluding hydrogens is 376 g/mol. The van der Waals surface area contributed by atoms with Gasteiger partial charge in [-0.25, -0.2) is 18.7 Å². The zero-order chi connectivity index (χ0) is 19.7. The van der Waals surface area contributed by atoms with E-state index in [1.807, 2.05) is 0 Å². The fourth-order valence-corrected chi connectivity index (χ4v) is 2.56. The molecular formula is C17H11F2N5O4. The standard InChI is InChI=1S/C17H11F2N5O4/c18-9-1-3-12(11(19)5-9)23-17-15(24(25)26)16(20-7-21-17)22-10-2-4-13-14(6-10)28-8-27-13/h1-7H,8H2,(H2,20,21,22,23). The Morgan fingerprint density at radius 3 is 2.50 bits per heavy atom. The first-order valence-corrected chi connectivity index (χ1v) is 7.89. The Labute approximate surface area is 156 Å². The summed E-state index contributed by atoms with van der Waals surface area (Å²) < 4.78 is 37.4. The molecule has 9 nitrogen and oxygen atoms in total. The molecule has 1 aliphatic heterocycles. The third-order valence-electron chi connectivity index (χ3n) is 3.82. The summed E-state index contributed by atoms with van der Waals surface area (Å²) in [5.41, 5.74) is -0.217. The molecule has 2 aromatic carbocycles. The van der Waals surface area contributed by atoms with Crippen LogP contribution in [0.4, 0.5) is 37.5 Å². The molecule has 0 radical (unpaired) electrons. The molecule has 2 N–H and O–H groups in total. The lowest BCUT2D eigenvalue weighted by molar-refractivity contribution is -0.383. The minimum absolute atomic E-state index is 0.0870. The Morgan fingerprint density at radius 1 is 1.00 bits per heavy atom. The van der Waals surface area contributed by atoms with Gasteiger partial charge in [0.15, 0.2) is 11.5 Å². The van der Waals surface area contributed by atoms with Gasteiger partial charge in [0.2, 0.25) is 18.4 Å². The molecule has 28 heavy (non-hydrogen) atoms. The van der Waals surface area contributed by atoms with Crippen LogP contribution < -0.4 is 20.1 Å². The number of halogens is 2. The molecule has 0 atom stereocenters. The summed E-state index contributed by atoms with van der Waals surface area (Å²) in [5.74, 6) is -1.04. The molecule has 0 spiro atoms. The largest absolute Gasteiger partial charge is 0.454 e. The Morgan fingerprint density at radius 2 is 1.75 bits per heavy atom. The molecule has 1 aromatic heterocycles. The van der Waals surface area contributed by atoms with Crippen molar-refractivity contribution in [2.24, 2.45) is 0 Å². The van der Waals surface area contributed by atoms with Gasteiger partial charge < -0.3 is 20.1 Å². The topological polar surface area (TPSA) is 111 Å². The van der Waals surface area contributed by atoms with Gasteiger partial charge >= 0.3 is 5.69 Å². The Hall–Kier alpha value is -4.02. The number of anilines is 4. The summed E-state index contributed by atoms with van der Waals surface area (Å²) >= 11 is 0. The monoisotopic (exact) mass is 387 g/mol. The lowest BCUT2D eigenvalue weighted by Crippen LogP contribution is -2.06. The molecule has 0 fully saturated rings. The highest BCUT2D eigenvalue weighted by atomic mass is 19.1. The maximum Gasteiger partial charge on any atom is 0.353 e. The van der Waals surface area contributed by atoms with Crippen LogP contribution in [-0.4, -0.2) is 21.7 Å². The van der Waals surface area contributed by atoms with Crippen LogP contribution in [0.3, 0.4) is 0 Å². The fourth-order valence-electron chi connectivity index (χ4n) is 2.56. The second kappa shape index (κ2) is 6.95. The van der Waals surface area contributed by atoms with Crippen molar-refractivity contribution < 1.29 is 23.2 Å². The van der Waals surface area contributed by atoms with Crippen LogP contribution in [0.1, 0.15) is 0 Å². The van der Waals surface area contributed by atoms with Crippen molar-refractivity contribution in [2.45, 2.75) is 0 Å².